The van der Waals surface area contributed by atoms with Gasteiger partial charge in [-0.2, -0.15) is 0 Å². The van der Waals surface area contributed by atoms with Gasteiger partial charge >= 0.3 is 7.82 Å². The van der Waals surface area contributed by atoms with Crippen molar-refractivity contribution >= 4 is 25.4 Å². The smallest absolute Gasteiger partial charge is 0.396 e. The molecular weight excluding hydrogens is 1100 g/mol. The molecule has 0 saturated carbocycles. The molecule has 0 radical (unpaired) electrons. The van der Waals surface area contributed by atoms with Crippen molar-refractivity contribution in [2.45, 2.75) is 358 Å². The highest BCUT2D eigenvalue weighted by Crippen LogP contribution is 2.41. The Morgan fingerprint density at radius 2 is 0.940 bits per heavy atom. The fourth-order valence-corrected chi connectivity index (χ4v) is 11.7. The van der Waals surface area contributed by atoms with Crippen LogP contribution in [0.3, 0.4) is 0 Å². The first-order valence-electron chi connectivity index (χ1n) is 34.0. The van der Waals surface area contributed by atoms with Crippen LogP contribution in [-0.4, -0.2) is 142 Å². The number of carbonyl (C=O) groups excluding carboxylic acids is 3. The maximum absolute atomic E-state index is 13.9. The van der Waals surface area contributed by atoms with E-state index in [1.807, 2.05) is 0 Å². The van der Waals surface area contributed by atoms with Crippen molar-refractivity contribution in [1.82, 2.24) is 10.6 Å². The first-order chi connectivity index (χ1) is 40.7. The highest BCUT2D eigenvalue weighted by atomic mass is 31.2. The van der Waals surface area contributed by atoms with Crippen molar-refractivity contribution in [3.8, 4) is 0 Å². The van der Waals surface area contributed by atoms with Gasteiger partial charge in [0.05, 0.1) is 25.2 Å². The van der Waals surface area contributed by atoms with Gasteiger partial charge in [-0.25, -0.2) is 4.57 Å². The minimum atomic E-state index is -5.34. The number of ketones is 1. The number of phosphoric acid groups is 1. The third-order valence-corrected chi connectivity index (χ3v) is 16.9. The summed E-state index contributed by atoms with van der Waals surface area (Å²) in [5.41, 5.74) is 0. The standard InChI is InChI=1S/C65H123N2O16P/c1-5-9-13-17-20-23-24-25-26-27-28-30-32-36-40-44-56(71)66-58-62(79-49-46-52(69)42-38-34-16-12-8-4)60(73)54(45-47-68)81-64(58)80-51-55-61(74)63(78-48-41-37-33-22-19-15-11-7-3)59(65(82-55)83-84(75,76)77)67-57(72)50-53(70)43-39-35-31-29-21-18-14-10-6-2/h23-24,52,54-55,58-65,68-69,73-74H,5-22,25-51H2,1-4H3,(H,66,71)(H,67,72)(H2,75,76,77)/b24-23-/t52?,54-,55-,58-,59-,60-,61-,62-,63-,64-,65-/m1/s1. The fraction of sp³-hybridized carbons (Fsp3) is 0.923. The Kier molecular flexibility index (Phi) is 47.4. The maximum atomic E-state index is 13.9. The number of Topliss-reactive ketones (excluding diaryl/α,β-unsaturated/α-hetero) is 1. The van der Waals surface area contributed by atoms with E-state index in [2.05, 4.69) is 50.5 Å². The summed E-state index contributed by atoms with van der Waals surface area (Å²) < 4.78 is 49.3. The number of nitrogens with one attached hydrogen (secondary N) is 2. The number of hydrogen-bond acceptors (Lipinski definition) is 14. The van der Waals surface area contributed by atoms with Gasteiger partial charge in [-0.15, -0.1) is 0 Å². The van der Waals surface area contributed by atoms with E-state index in [1.165, 1.54) is 57.8 Å². The van der Waals surface area contributed by atoms with Gasteiger partial charge in [-0.05, 0) is 64.2 Å². The number of aliphatic hydroxyl groups is 4. The average molecular weight is 1220 g/mol. The number of phosphoric ester groups is 1. The van der Waals surface area contributed by atoms with Crippen LogP contribution in [0.5, 0.6) is 0 Å². The van der Waals surface area contributed by atoms with Crippen molar-refractivity contribution < 1.29 is 77.4 Å². The van der Waals surface area contributed by atoms with Crippen LogP contribution in [0.15, 0.2) is 12.2 Å². The molecule has 0 spiro atoms. The van der Waals surface area contributed by atoms with Gasteiger partial charge in [0.2, 0.25) is 11.8 Å². The molecule has 0 aromatic carbocycles. The van der Waals surface area contributed by atoms with E-state index in [0.717, 1.165) is 148 Å². The summed E-state index contributed by atoms with van der Waals surface area (Å²) in [4.78, 5) is 61.0. The molecule has 8 N–H and O–H groups in total. The molecule has 19 heteroatoms. The first-order valence-corrected chi connectivity index (χ1v) is 35.5. The molecule has 11 atom stereocenters. The van der Waals surface area contributed by atoms with Crippen LogP contribution in [0.2, 0.25) is 0 Å². The van der Waals surface area contributed by atoms with E-state index < -0.39 is 94.1 Å². The number of amides is 2. The van der Waals surface area contributed by atoms with E-state index in [0.29, 0.717) is 25.7 Å². The largest absolute Gasteiger partial charge is 0.472 e. The van der Waals surface area contributed by atoms with Crippen molar-refractivity contribution in [3.05, 3.63) is 12.2 Å². The minimum absolute atomic E-state index is 0.0276. The summed E-state index contributed by atoms with van der Waals surface area (Å²) in [5, 5.41) is 50.6. The summed E-state index contributed by atoms with van der Waals surface area (Å²) in [6, 6.07) is -2.62. The quantitative estimate of drug-likeness (QED) is 0.0122. The molecule has 2 fully saturated rings. The van der Waals surface area contributed by atoms with E-state index >= 15 is 0 Å². The zero-order chi connectivity index (χ0) is 61.5. The van der Waals surface area contributed by atoms with E-state index in [9.17, 15) is 49.2 Å². The lowest BCUT2D eigenvalue weighted by Gasteiger charge is -2.47. The van der Waals surface area contributed by atoms with Gasteiger partial charge < -0.3 is 64.5 Å². The summed E-state index contributed by atoms with van der Waals surface area (Å²) in [7, 11) is -5.34. The molecule has 0 aromatic rings. The Balaban J connectivity index is 2.31. The highest BCUT2D eigenvalue weighted by Gasteiger charge is 2.51. The van der Waals surface area contributed by atoms with Crippen LogP contribution in [0.25, 0.3) is 0 Å². The van der Waals surface area contributed by atoms with Gasteiger partial charge in [0, 0.05) is 32.7 Å². The number of rotatable bonds is 56. The van der Waals surface area contributed by atoms with E-state index in [4.69, 9.17) is 28.2 Å². The lowest BCUT2D eigenvalue weighted by atomic mass is 9.94. The van der Waals surface area contributed by atoms with Crippen molar-refractivity contribution in [2.75, 3.05) is 26.4 Å². The third kappa shape index (κ3) is 37.8. The van der Waals surface area contributed by atoms with Crippen LogP contribution in [-0.2, 0) is 47.2 Å². The van der Waals surface area contributed by atoms with Crippen LogP contribution in [0, 0.1) is 0 Å². The maximum Gasteiger partial charge on any atom is 0.472 e. The van der Waals surface area contributed by atoms with Crippen LogP contribution < -0.4 is 10.6 Å². The lowest BCUT2D eigenvalue weighted by Crippen LogP contribution is -2.67. The van der Waals surface area contributed by atoms with Crippen molar-refractivity contribution in [2.24, 2.45) is 0 Å². The molecule has 18 nitrogen and oxygen atoms in total. The zero-order valence-corrected chi connectivity index (χ0v) is 53.9. The summed E-state index contributed by atoms with van der Waals surface area (Å²) in [6.45, 7) is 7.97. The Morgan fingerprint density at radius 1 is 0.512 bits per heavy atom. The molecule has 0 aliphatic carbocycles. The topological polar surface area (TPSA) is 269 Å². The molecule has 2 amide bonds. The van der Waals surface area contributed by atoms with Gasteiger partial charge in [0.25, 0.3) is 0 Å². The number of hydrogen-bond donors (Lipinski definition) is 8. The second-order valence-electron chi connectivity index (χ2n) is 24.1. The number of unbranched alkanes of at least 4 members (excludes halogenated alkanes) is 30. The van der Waals surface area contributed by atoms with Crippen LogP contribution in [0.1, 0.15) is 291 Å². The summed E-state index contributed by atoms with van der Waals surface area (Å²) in [5.74, 6) is -1.39. The molecular formula is C65H123N2O16P. The molecule has 0 aromatic heterocycles. The number of aliphatic hydroxyl groups excluding tert-OH is 4. The van der Waals surface area contributed by atoms with E-state index in [1.54, 1.807) is 0 Å². The zero-order valence-electron chi connectivity index (χ0n) is 53.0. The highest BCUT2D eigenvalue weighted by molar-refractivity contribution is 7.46. The molecule has 494 valence electrons. The summed E-state index contributed by atoms with van der Waals surface area (Å²) >= 11 is 0. The number of ether oxygens (including phenoxy) is 5. The Morgan fingerprint density at radius 3 is 1.48 bits per heavy atom. The predicted octanol–water partition coefficient (Wildman–Crippen LogP) is 12.6. The normalized spacial score (nSPS) is 23.3. The molecule has 2 saturated heterocycles. The number of carbonyl (C=O) groups is 3. The average Bonchev–Trinajstić information content (AvgIpc) is 2.85. The van der Waals surface area contributed by atoms with E-state index in [-0.39, 0.29) is 57.2 Å². The minimum Gasteiger partial charge on any atom is -0.396 e. The summed E-state index contributed by atoms with van der Waals surface area (Å²) in [6.07, 6.45) is 30.5. The second-order valence-corrected chi connectivity index (χ2v) is 25.3. The van der Waals surface area contributed by atoms with Crippen molar-refractivity contribution in [3.63, 3.8) is 0 Å². The van der Waals surface area contributed by atoms with Gasteiger partial charge in [-0.3, -0.25) is 18.9 Å². The Labute approximate surface area is 508 Å². The van der Waals surface area contributed by atoms with Crippen molar-refractivity contribution in [1.29, 1.82) is 0 Å². The predicted molar refractivity (Wildman–Crippen MR) is 331 cm³/mol. The number of allylic oxidation sites excluding steroid dienone is 2. The third-order valence-electron chi connectivity index (χ3n) is 16.4. The molecule has 2 aliphatic rings. The van der Waals surface area contributed by atoms with Gasteiger partial charge in [0.15, 0.2) is 12.6 Å². The second kappa shape index (κ2) is 50.9. The van der Waals surface area contributed by atoms with Crippen LogP contribution in [0.4, 0.5) is 0 Å². The molecule has 0 bridgehead atoms. The Hall–Kier alpha value is -1.90. The molecule has 2 rings (SSSR count). The molecule has 84 heavy (non-hydrogen) atoms. The first kappa shape index (κ1) is 78.2. The molecule has 1 unspecified atom stereocenters. The fourth-order valence-electron chi connectivity index (χ4n) is 11.3. The van der Waals surface area contributed by atoms with Crippen LogP contribution >= 0.6 is 7.82 Å². The Bertz CT molecular complexity index is 1690. The van der Waals surface area contributed by atoms with Gasteiger partial charge in [0.1, 0.15) is 48.4 Å². The molecule has 2 heterocycles. The lowest BCUT2D eigenvalue weighted by molar-refractivity contribution is -0.300. The molecule has 2 aliphatic heterocycles. The SMILES string of the molecule is CCCCCC/C=C\CCCCCCCCCC(=O)N[C@H]1[C@H](OC[C@H]2O[C@H](OP(=O)(O)O)[C@H](NC(=O)CC(=O)CCCCCCCCCCC)[C@@H](OCCCCCCCCCC)[C@@H]2O)O[C@H](CCO)[C@@H](O)[C@@H]1OCCC(O)CCCCCCC. The van der Waals surface area contributed by atoms with Gasteiger partial charge in [-0.1, -0.05) is 220 Å². The monoisotopic (exact) mass is 1220 g/mol.